The summed E-state index contributed by atoms with van der Waals surface area (Å²) in [7, 11) is 0. The van der Waals surface area contributed by atoms with Crippen LogP contribution in [0.1, 0.15) is 43.0 Å². The van der Waals surface area contributed by atoms with Gasteiger partial charge in [0.25, 0.3) is 0 Å². The SMILES string of the molecule is OC1CCC(N2CN=C(c3ccc(F)cc3)C2c2ccnc(Oc3ccccc3)n2)CC1. The molecule has 6 nitrogen and oxygen atoms in total. The van der Waals surface area contributed by atoms with E-state index in [2.05, 4.69) is 9.88 Å². The number of halogens is 1. The highest BCUT2D eigenvalue weighted by molar-refractivity contribution is 6.05. The monoisotopic (exact) mass is 432 g/mol. The maximum atomic E-state index is 13.5. The molecule has 0 spiro atoms. The Morgan fingerprint density at radius 3 is 2.44 bits per heavy atom. The van der Waals surface area contributed by atoms with Crippen molar-refractivity contribution < 1.29 is 14.2 Å². The van der Waals surface area contributed by atoms with Crippen LogP contribution in [0.2, 0.25) is 0 Å². The summed E-state index contributed by atoms with van der Waals surface area (Å²) >= 11 is 0. The lowest BCUT2D eigenvalue weighted by Crippen LogP contribution is -2.41. The van der Waals surface area contributed by atoms with Gasteiger partial charge in [-0.05, 0) is 61.6 Å². The van der Waals surface area contributed by atoms with Crippen LogP contribution in [0, 0.1) is 5.82 Å². The van der Waals surface area contributed by atoms with Crippen molar-refractivity contribution in [2.45, 2.75) is 43.9 Å². The van der Waals surface area contributed by atoms with Crippen LogP contribution >= 0.6 is 0 Å². The van der Waals surface area contributed by atoms with Crippen LogP contribution in [0.5, 0.6) is 11.8 Å². The predicted octanol–water partition coefficient (Wildman–Crippen LogP) is 4.52. The van der Waals surface area contributed by atoms with Crippen molar-refractivity contribution in [1.29, 1.82) is 0 Å². The predicted molar refractivity (Wildman–Crippen MR) is 119 cm³/mol. The molecular weight excluding hydrogens is 407 g/mol. The minimum Gasteiger partial charge on any atom is -0.424 e. The van der Waals surface area contributed by atoms with Gasteiger partial charge in [0.05, 0.1) is 30.2 Å². The highest BCUT2D eigenvalue weighted by atomic mass is 19.1. The van der Waals surface area contributed by atoms with E-state index >= 15 is 0 Å². The minimum atomic E-state index is -0.275. The van der Waals surface area contributed by atoms with Crippen LogP contribution in [0.25, 0.3) is 0 Å². The average Bonchev–Trinajstić information content (AvgIpc) is 3.26. The largest absolute Gasteiger partial charge is 0.424 e. The molecule has 1 atom stereocenters. The van der Waals surface area contributed by atoms with Gasteiger partial charge in [-0.15, -0.1) is 0 Å². The number of aromatic nitrogens is 2. The molecule has 0 bridgehead atoms. The topological polar surface area (TPSA) is 70.8 Å². The summed E-state index contributed by atoms with van der Waals surface area (Å²) < 4.78 is 19.4. The van der Waals surface area contributed by atoms with Crippen LogP contribution in [0.4, 0.5) is 4.39 Å². The number of hydrogen-bond donors (Lipinski definition) is 1. The molecule has 2 aliphatic rings. The van der Waals surface area contributed by atoms with E-state index in [9.17, 15) is 9.50 Å². The first-order valence-corrected chi connectivity index (χ1v) is 11.0. The van der Waals surface area contributed by atoms with Crippen LogP contribution < -0.4 is 4.74 Å². The normalized spacial score (nSPS) is 23.7. The lowest BCUT2D eigenvalue weighted by atomic mass is 9.90. The van der Waals surface area contributed by atoms with Gasteiger partial charge in [0.1, 0.15) is 11.6 Å². The molecule has 32 heavy (non-hydrogen) atoms. The third-order valence-electron chi connectivity index (χ3n) is 6.16. The van der Waals surface area contributed by atoms with Crippen molar-refractivity contribution in [3.8, 4) is 11.8 Å². The van der Waals surface area contributed by atoms with Crippen molar-refractivity contribution >= 4 is 5.71 Å². The summed E-state index contributed by atoms with van der Waals surface area (Å²) in [5.74, 6) is 0.393. The van der Waals surface area contributed by atoms with Gasteiger partial charge in [-0.3, -0.25) is 9.89 Å². The second-order valence-electron chi connectivity index (χ2n) is 8.25. The van der Waals surface area contributed by atoms with Crippen molar-refractivity contribution in [3.05, 3.63) is 83.9 Å². The Labute approximate surface area is 186 Å². The summed E-state index contributed by atoms with van der Waals surface area (Å²) in [5, 5.41) is 9.97. The molecule has 5 rings (SSSR count). The number of benzene rings is 2. The van der Waals surface area contributed by atoms with Gasteiger partial charge in [0.15, 0.2) is 0 Å². The van der Waals surface area contributed by atoms with Gasteiger partial charge in [-0.2, -0.15) is 4.98 Å². The van der Waals surface area contributed by atoms with E-state index in [-0.39, 0.29) is 24.0 Å². The Morgan fingerprint density at radius 2 is 1.69 bits per heavy atom. The van der Waals surface area contributed by atoms with Gasteiger partial charge >= 0.3 is 6.01 Å². The van der Waals surface area contributed by atoms with Gasteiger partial charge in [0.2, 0.25) is 0 Å². The summed E-state index contributed by atoms with van der Waals surface area (Å²) in [5.41, 5.74) is 2.52. The number of ether oxygens (including phenoxy) is 1. The van der Waals surface area contributed by atoms with E-state index in [1.165, 1.54) is 12.1 Å². The van der Waals surface area contributed by atoms with E-state index < -0.39 is 0 Å². The Balaban J connectivity index is 1.48. The van der Waals surface area contributed by atoms with Crippen LogP contribution in [0.15, 0.2) is 71.9 Å². The quantitative estimate of drug-likeness (QED) is 0.642. The van der Waals surface area contributed by atoms with Gasteiger partial charge in [0, 0.05) is 12.2 Å². The molecular formula is C25H25FN4O2. The number of nitrogens with zero attached hydrogens (tertiary/aromatic N) is 4. The molecule has 3 aromatic rings. The second kappa shape index (κ2) is 9.14. The molecule has 1 N–H and O–H groups in total. The fraction of sp³-hybridized carbons (Fsp3) is 0.320. The van der Waals surface area contributed by atoms with Crippen LogP contribution in [-0.2, 0) is 0 Å². The second-order valence-corrected chi connectivity index (χ2v) is 8.25. The molecule has 1 aliphatic heterocycles. The van der Waals surface area contributed by atoms with Crippen molar-refractivity contribution in [2.75, 3.05) is 6.67 Å². The number of aliphatic hydroxyl groups excluding tert-OH is 1. The first-order chi connectivity index (χ1) is 15.7. The average molecular weight is 432 g/mol. The van der Waals surface area contributed by atoms with Gasteiger partial charge < -0.3 is 9.84 Å². The fourth-order valence-corrected chi connectivity index (χ4v) is 4.53. The molecule has 2 aromatic carbocycles. The molecule has 0 radical (unpaired) electrons. The van der Waals surface area contributed by atoms with Crippen molar-refractivity contribution in [1.82, 2.24) is 14.9 Å². The Morgan fingerprint density at radius 1 is 0.938 bits per heavy atom. The zero-order valence-corrected chi connectivity index (χ0v) is 17.6. The van der Waals surface area contributed by atoms with Crippen molar-refractivity contribution in [3.63, 3.8) is 0 Å². The lowest BCUT2D eigenvalue weighted by Gasteiger charge is -2.36. The maximum absolute atomic E-state index is 13.5. The van der Waals surface area contributed by atoms with Crippen LogP contribution in [-0.4, -0.2) is 44.5 Å². The number of para-hydroxylation sites is 1. The summed E-state index contributed by atoms with van der Waals surface area (Å²) in [6, 6.07) is 18.1. The molecule has 1 aromatic heterocycles. The molecule has 1 saturated carbocycles. The first-order valence-electron chi connectivity index (χ1n) is 11.0. The smallest absolute Gasteiger partial charge is 0.322 e. The molecule has 1 aliphatic carbocycles. The number of rotatable bonds is 5. The summed E-state index contributed by atoms with van der Waals surface area (Å²) in [6.45, 7) is 0.539. The molecule has 0 saturated heterocycles. The zero-order chi connectivity index (χ0) is 21.9. The molecule has 164 valence electrons. The van der Waals surface area contributed by atoms with Crippen molar-refractivity contribution in [2.24, 2.45) is 4.99 Å². The number of hydrogen-bond acceptors (Lipinski definition) is 6. The summed E-state index contributed by atoms with van der Waals surface area (Å²) in [4.78, 5) is 16.2. The maximum Gasteiger partial charge on any atom is 0.322 e. The van der Waals surface area contributed by atoms with E-state index in [0.29, 0.717) is 18.5 Å². The fourth-order valence-electron chi connectivity index (χ4n) is 4.53. The summed E-state index contributed by atoms with van der Waals surface area (Å²) in [6.07, 6.45) is 4.85. The Hall–Kier alpha value is -3.16. The van der Waals surface area contributed by atoms with E-state index in [4.69, 9.17) is 14.7 Å². The Kier molecular flexibility index (Phi) is 5.92. The molecule has 2 heterocycles. The zero-order valence-electron chi connectivity index (χ0n) is 17.6. The van der Waals surface area contributed by atoms with Gasteiger partial charge in [-0.1, -0.05) is 30.3 Å². The van der Waals surface area contributed by atoms with E-state index in [0.717, 1.165) is 42.7 Å². The molecule has 1 unspecified atom stereocenters. The first kappa shape index (κ1) is 20.7. The highest BCUT2D eigenvalue weighted by Crippen LogP contribution is 2.36. The minimum absolute atomic E-state index is 0.193. The standard InChI is InChI=1S/C25H25FN4O2/c26-18-8-6-17(7-9-18)23-24(30(16-28-23)19-10-12-20(31)13-11-19)22-14-15-27-25(29-22)32-21-4-2-1-3-5-21/h1-9,14-15,19-20,24,31H,10-13,16H2. The molecule has 1 fully saturated rings. The number of aliphatic imine (C=N–C) groups is 1. The van der Waals surface area contributed by atoms with Crippen LogP contribution in [0.3, 0.4) is 0 Å². The Bertz CT molecular complexity index is 1080. The van der Waals surface area contributed by atoms with Gasteiger partial charge in [-0.25, -0.2) is 9.37 Å². The number of aliphatic hydroxyl groups is 1. The van der Waals surface area contributed by atoms with E-state index in [1.807, 2.05) is 36.4 Å². The molecule has 0 amide bonds. The molecule has 7 heteroatoms. The highest BCUT2D eigenvalue weighted by Gasteiger charge is 2.38. The van der Waals surface area contributed by atoms with E-state index in [1.54, 1.807) is 18.3 Å². The lowest BCUT2D eigenvalue weighted by molar-refractivity contribution is 0.0707. The third kappa shape index (κ3) is 4.40. The third-order valence-corrected chi connectivity index (χ3v) is 6.16.